The van der Waals surface area contributed by atoms with Gasteiger partial charge in [0.2, 0.25) is 5.71 Å². The number of pyridine rings is 1. The van der Waals surface area contributed by atoms with Gasteiger partial charge in [-0.3, -0.25) is 0 Å². The molecule has 0 saturated carbocycles. The molecule has 206 valence electrons. The Kier molecular flexibility index (Phi) is 5.03. The van der Waals surface area contributed by atoms with Crippen molar-refractivity contribution in [1.29, 1.82) is 0 Å². The van der Waals surface area contributed by atoms with Crippen LogP contribution in [0.25, 0.3) is 73.2 Å². The van der Waals surface area contributed by atoms with Gasteiger partial charge in [0.1, 0.15) is 5.58 Å². The molecule has 10 aromatic rings. The van der Waals surface area contributed by atoms with Crippen LogP contribution in [0.15, 0.2) is 138 Å². The first-order valence-corrected chi connectivity index (χ1v) is 16.3. The first-order valence-electron chi connectivity index (χ1n) is 14.6. The Balaban J connectivity index is 1.29. The summed E-state index contributed by atoms with van der Waals surface area (Å²) in [5.74, 6) is 0. The number of benzene rings is 6. The van der Waals surface area contributed by atoms with E-state index in [0.717, 1.165) is 44.2 Å². The summed E-state index contributed by atoms with van der Waals surface area (Å²) in [5.41, 5.74) is 4.76. The lowest BCUT2D eigenvalue weighted by Gasteiger charge is -2.26. The Hall–Kier alpha value is -5.23. The number of hydrogen-bond donors (Lipinski definition) is 0. The highest BCUT2D eigenvalue weighted by molar-refractivity contribution is 7.26. The fraction of sp³-hybridized carbons (Fsp3) is 0. The molecule has 4 aromatic heterocycles. The molecular weight excluding hydrogens is 577 g/mol. The second-order valence-corrected chi connectivity index (χ2v) is 13.3. The average Bonchev–Trinajstić information content (AvgIpc) is 3.76. The molecule has 6 aromatic carbocycles. The van der Waals surface area contributed by atoms with Gasteiger partial charge in [-0.1, -0.05) is 72.8 Å². The van der Waals surface area contributed by atoms with Crippen LogP contribution in [0.4, 0.5) is 17.1 Å². The monoisotopic (exact) mass is 598 g/mol. The van der Waals surface area contributed by atoms with Gasteiger partial charge in [-0.05, 0) is 60.0 Å². The summed E-state index contributed by atoms with van der Waals surface area (Å²) < 4.78 is 11.7. The van der Waals surface area contributed by atoms with Crippen LogP contribution in [0.3, 0.4) is 0 Å². The van der Waals surface area contributed by atoms with Crippen molar-refractivity contribution in [3.05, 3.63) is 134 Å². The van der Waals surface area contributed by atoms with E-state index in [9.17, 15) is 0 Å². The Morgan fingerprint density at radius 2 is 1.14 bits per heavy atom. The molecule has 0 atom stereocenters. The third kappa shape index (κ3) is 3.45. The summed E-state index contributed by atoms with van der Waals surface area (Å²) in [6.07, 6.45) is 1.87. The third-order valence-electron chi connectivity index (χ3n) is 8.72. The largest absolute Gasteiger partial charge is 0.437 e. The standard InChI is InChI=1S/C39H22N2OS2/c1-2-8-26-23(7-1)13-16-30-37-32(19-20-40-39(37)42-38(26)30)41(24-15-18-35-31(21-24)28-10-4-6-12-34(28)43-35)25-14-17-29-27-9-3-5-11-33(27)44-36(29)22-25/h1-22H. The summed E-state index contributed by atoms with van der Waals surface area (Å²) in [6.45, 7) is 0. The van der Waals surface area contributed by atoms with Crippen LogP contribution < -0.4 is 4.90 Å². The van der Waals surface area contributed by atoms with E-state index in [0.29, 0.717) is 5.71 Å². The number of anilines is 3. The number of thiophene rings is 2. The first kappa shape index (κ1) is 24.2. The minimum Gasteiger partial charge on any atom is -0.437 e. The lowest BCUT2D eigenvalue weighted by atomic mass is 10.0. The van der Waals surface area contributed by atoms with Gasteiger partial charge in [0.25, 0.3) is 0 Å². The second kappa shape index (κ2) is 9.13. The molecule has 0 N–H and O–H groups in total. The van der Waals surface area contributed by atoms with Crippen LogP contribution in [0, 0.1) is 0 Å². The lowest BCUT2D eigenvalue weighted by Crippen LogP contribution is -2.10. The maximum absolute atomic E-state index is 6.52. The lowest BCUT2D eigenvalue weighted by molar-refractivity contribution is 0.657. The minimum absolute atomic E-state index is 0.642. The molecule has 0 bridgehead atoms. The fourth-order valence-corrected chi connectivity index (χ4v) is 8.96. The van der Waals surface area contributed by atoms with Gasteiger partial charge in [0.05, 0.1) is 11.1 Å². The molecule has 44 heavy (non-hydrogen) atoms. The van der Waals surface area contributed by atoms with E-state index in [2.05, 4.69) is 132 Å². The van der Waals surface area contributed by atoms with Crippen LogP contribution in [0.1, 0.15) is 0 Å². The topological polar surface area (TPSA) is 29.3 Å². The SMILES string of the molecule is c1ccc2c(c1)ccc1c2oc2nccc(N(c3ccc4c(c3)sc3ccccc34)c3ccc4sc5ccccc5c4c3)c21. The molecule has 0 saturated heterocycles. The maximum Gasteiger partial charge on any atom is 0.229 e. The number of aromatic nitrogens is 1. The van der Waals surface area contributed by atoms with Crippen molar-refractivity contribution >= 4 is 113 Å². The van der Waals surface area contributed by atoms with Crippen LogP contribution in [-0.2, 0) is 0 Å². The molecule has 3 nitrogen and oxygen atoms in total. The van der Waals surface area contributed by atoms with E-state index < -0.39 is 0 Å². The van der Waals surface area contributed by atoms with Crippen molar-refractivity contribution in [2.45, 2.75) is 0 Å². The van der Waals surface area contributed by atoms with Gasteiger partial charge in [0.15, 0.2) is 0 Å². The Morgan fingerprint density at radius 3 is 2.00 bits per heavy atom. The molecular formula is C39H22N2OS2. The molecule has 0 aliphatic heterocycles. The summed E-state index contributed by atoms with van der Waals surface area (Å²) in [4.78, 5) is 7.11. The minimum atomic E-state index is 0.642. The number of rotatable bonds is 3. The van der Waals surface area contributed by atoms with Crippen LogP contribution in [0.2, 0.25) is 0 Å². The molecule has 0 spiro atoms. The van der Waals surface area contributed by atoms with Crippen molar-refractivity contribution in [1.82, 2.24) is 4.98 Å². The van der Waals surface area contributed by atoms with Gasteiger partial charge in [-0.25, -0.2) is 4.98 Å². The number of fused-ring (bicyclic) bond motifs is 11. The smallest absolute Gasteiger partial charge is 0.229 e. The highest BCUT2D eigenvalue weighted by atomic mass is 32.1. The van der Waals surface area contributed by atoms with Gasteiger partial charge < -0.3 is 9.32 Å². The highest BCUT2D eigenvalue weighted by Crippen LogP contribution is 2.46. The van der Waals surface area contributed by atoms with E-state index in [1.54, 1.807) is 0 Å². The van der Waals surface area contributed by atoms with Crippen molar-refractivity contribution in [2.75, 3.05) is 4.90 Å². The Labute approximate surface area is 259 Å². The molecule has 10 rings (SSSR count). The molecule has 0 aliphatic carbocycles. The fourth-order valence-electron chi connectivity index (χ4n) is 6.73. The van der Waals surface area contributed by atoms with Gasteiger partial charge in [0, 0.05) is 68.7 Å². The first-order chi connectivity index (χ1) is 21.8. The van der Waals surface area contributed by atoms with Crippen molar-refractivity contribution in [3.63, 3.8) is 0 Å². The molecule has 0 aliphatic rings. The highest BCUT2D eigenvalue weighted by Gasteiger charge is 2.22. The quantitative estimate of drug-likeness (QED) is 0.203. The zero-order chi connectivity index (χ0) is 28.8. The van der Waals surface area contributed by atoms with Crippen LogP contribution in [-0.4, -0.2) is 4.98 Å². The number of nitrogens with zero attached hydrogens (tertiary/aromatic N) is 2. The third-order valence-corrected chi connectivity index (χ3v) is 11.0. The maximum atomic E-state index is 6.52. The summed E-state index contributed by atoms with van der Waals surface area (Å²) in [6, 6.07) is 45.9. The summed E-state index contributed by atoms with van der Waals surface area (Å²) in [7, 11) is 0. The molecule has 0 amide bonds. The predicted molar refractivity (Wildman–Crippen MR) is 189 cm³/mol. The van der Waals surface area contributed by atoms with Gasteiger partial charge in [-0.2, -0.15) is 0 Å². The van der Waals surface area contributed by atoms with Crippen LogP contribution >= 0.6 is 22.7 Å². The van der Waals surface area contributed by atoms with E-state index in [1.807, 2.05) is 28.9 Å². The van der Waals surface area contributed by atoms with Crippen molar-refractivity contribution in [2.24, 2.45) is 0 Å². The summed E-state index contributed by atoms with van der Waals surface area (Å²) >= 11 is 3.69. The Morgan fingerprint density at radius 1 is 0.500 bits per heavy atom. The van der Waals surface area contributed by atoms with E-state index in [4.69, 9.17) is 9.40 Å². The molecule has 0 unspecified atom stereocenters. The molecule has 0 fully saturated rings. The number of furan rings is 1. The molecule has 5 heteroatoms. The van der Waals surface area contributed by atoms with Crippen molar-refractivity contribution < 1.29 is 4.42 Å². The van der Waals surface area contributed by atoms with Crippen LogP contribution in [0.5, 0.6) is 0 Å². The zero-order valence-corrected chi connectivity index (χ0v) is 25.0. The van der Waals surface area contributed by atoms with Crippen molar-refractivity contribution in [3.8, 4) is 0 Å². The number of hydrogen-bond acceptors (Lipinski definition) is 5. The zero-order valence-electron chi connectivity index (χ0n) is 23.3. The van der Waals surface area contributed by atoms with Gasteiger partial charge >= 0.3 is 0 Å². The second-order valence-electron chi connectivity index (χ2n) is 11.2. The predicted octanol–water partition coefficient (Wildman–Crippen LogP) is 12.3. The molecule has 4 heterocycles. The normalized spacial score (nSPS) is 12.1. The Bertz CT molecular complexity index is 2750. The average molecular weight is 599 g/mol. The molecule has 0 radical (unpaired) electrons. The van der Waals surface area contributed by atoms with E-state index in [1.165, 1.54) is 40.3 Å². The van der Waals surface area contributed by atoms with E-state index in [-0.39, 0.29) is 0 Å². The summed E-state index contributed by atoms with van der Waals surface area (Å²) in [5, 5.41) is 9.47. The van der Waals surface area contributed by atoms with E-state index >= 15 is 0 Å². The van der Waals surface area contributed by atoms with Gasteiger partial charge in [-0.15, -0.1) is 22.7 Å².